The van der Waals surface area contributed by atoms with Crippen LogP contribution < -0.4 is 0 Å². The molecule has 0 aliphatic rings. The lowest BCUT2D eigenvalue weighted by molar-refractivity contribution is -0.148. The smallest absolute Gasteiger partial charge is 0.306 e. The van der Waals surface area contributed by atoms with Gasteiger partial charge in [0, 0.05) is 5.92 Å². The van der Waals surface area contributed by atoms with Gasteiger partial charge in [-0.05, 0) is 19.4 Å². The number of rotatable bonds is 6. The number of aliphatic carboxylic acids is 1. The second-order valence-corrected chi connectivity index (χ2v) is 4.45. The predicted octanol–water partition coefficient (Wildman–Crippen LogP) is 2.59. The Balaban J connectivity index is 2.73. The Hall–Kier alpha value is -1.84. The summed E-state index contributed by atoms with van der Waals surface area (Å²) in [6, 6.07) is 9.18. The molecule has 0 amide bonds. The largest absolute Gasteiger partial charge is 0.481 e. The minimum Gasteiger partial charge on any atom is -0.481 e. The molecule has 1 N–H and O–H groups in total. The lowest BCUT2D eigenvalue weighted by Crippen LogP contribution is -2.16. The van der Waals surface area contributed by atoms with Gasteiger partial charge in [0.05, 0.1) is 18.9 Å². The first-order chi connectivity index (χ1) is 8.49. The molecule has 1 aromatic carbocycles. The average molecular weight is 250 g/mol. The molecule has 98 valence electrons. The number of hydrogen-bond acceptors (Lipinski definition) is 3. The minimum atomic E-state index is -0.916. The molecule has 0 spiro atoms. The van der Waals surface area contributed by atoms with Gasteiger partial charge in [0.25, 0.3) is 0 Å². The summed E-state index contributed by atoms with van der Waals surface area (Å²) in [7, 11) is 0. The van der Waals surface area contributed by atoms with Gasteiger partial charge < -0.3 is 9.84 Å². The number of carboxylic acids is 1. The molecular weight excluding hydrogens is 232 g/mol. The Morgan fingerprint density at radius 2 is 1.78 bits per heavy atom. The highest BCUT2D eigenvalue weighted by Crippen LogP contribution is 2.24. The van der Waals surface area contributed by atoms with Crippen molar-refractivity contribution in [2.24, 2.45) is 0 Å². The maximum Gasteiger partial charge on any atom is 0.306 e. The predicted molar refractivity (Wildman–Crippen MR) is 67.3 cm³/mol. The number of carbonyl (C=O) groups excluding carboxylic acids is 1. The van der Waals surface area contributed by atoms with Crippen molar-refractivity contribution in [1.29, 1.82) is 0 Å². The first-order valence-corrected chi connectivity index (χ1v) is 5.95. The number of hydrogen-bond donors (Lipinski definition) is 1. The van der Waals surface area contributed by atoms with Gasteiger partial charge in [0.1, 0.15) is 0 Å². The van der Waals surface area contributed by atoms with Crippen LogP contribution in [0.25, 0.3) is 0 Å². The third kappa shape index (κ3) is 4.99. The van der Waals surface area contributed by atoms with E-state index in [0.29, 0.717) is 0 Å². The van der Waals surface area contributed by atoms with E-state index in [0.717, 1.165) is 5.56 Å². The van der Waals surface area contributed by atoms with Crippen LogP contribution in [0.4, 0.5) is 0 Å². The van der Waals surface area contributed by atoms with Crippen LogP contribution in [0.5, 0.6) is 0 Å². The zero-order chi connectivity index (χ0) is 13.5. The van der Waals surface area contributed by atoms with Crippen molar-refractivity contribution in [1.82, 2.24) is 0 Å². The summed E-state index contributed by atoms with van der Waals surface area (Å²) in [5, 5.41) is 8.89. The van der Waals surface area contributed by atoms with E-state index in [4.69, 9.17) is 9.84 Å². The van der Waals surface area contributed by atoms with Crippen LogP contribution in [-0.4, -0.2) is 23.1 Å². The molecule has 0 radical (unpaired) electrons. The molecule has 18 heavy (non-hydrogen) atoms. The van der Waals surface area contributed by atoms with Crippen molar-refractivity contribution >= 4 is 11.9 Å². The van der Waals surface area contributed by atoms with E-state index in [-0.39, 0.29) is 30.8 Å². The fourth-order valence-corrected chi connectivity index (χ4v) is 1.76. The van der Waals surface area contributed by atoms with Gasteiger partial charge in [0.15, 0.2) is 0 Å². The number of ether oxygens (including phenoxy) is 1. The monoisotopic (exact) mass is 250 g/mol. The third-order valence-electron chi connectivity index (χ3n) is 2.47. The zero-order valence-corrected chi connectivity index (χ0v) is 10.6. The van der Waals surface area contributed by atoms with Crippen molar-refractivity contribution < 1.29 is 19.4 Å². The lowest BCUT2D eigenvalue weighted by atomic mass is 9.92. The van der Waals surface area contributed by atoms with Crippen LogP contribution in [0.2, 0.25) is 0 Å². The highest BCUT2D eigenvalue weighted by molar-refractivity contribution is 5.73. The van der Waals surface area contributed by atoms with E-state index >= 15 is 0 Å². The maximum absolute atomic E-state index is 11.6. The Bertz CT molecular complexity index is 398. The summed E-state index contributed by atoms with van der Waals surface area (Å²) in [5.41, 5.74) is 0.848. The van der Waals surface area contributed by atoms with E-state index in [9.17, 15) is 9.59 Å². The Morgan fingerprint density at radius 3 is 2.28 bits per heavy atom. The molecule has 0 saturated heterocycles. The Kier molecular flexibility index (Phi) is 5.36. The fraction of sp³-hybridized carbons (Fsp3) is 0.429. The molecular formula is C14H18O4. The molecule has 0 bridgehead atoms. The number of carbonyl (C=O) groups is 2. The molecule has 1 atom stereocenters. The quantitative estimate of drug-likeness (QED) is 0.788. The van der Waals surface area contributed by atoms with Gasteiger partial charge >= 0.3 is 11.9 Å². The van der Waals surface area contributed by atoms with Crippen molar-refractivity contribution in [2.45, 2.75) is 38.7 Å². The molecule has 1 rings (SSSR count). The lowest BCUT2D eigenvalue weighted by Gasteiger charge is -2.15. The summed E-state index contributed by atoms with van der Waals surface area (Å²) in [6.07, 6.45) is -0.162. The van der Waals surface area contributed by atoms with Gasteiger partial charge in [0.2, 0.25) is 0 Å². The Labute approximate surface area is 107 Å². The fourth-order valence-electron chi connectivity index (χ4n) is 1.76. The summed E-state index contributed by atoms with van der Waals surface area (Å²) in [5.74, 6) is -1.61. The van der Waals surface area contributed by atoms with Crippen molar-refractivity contribution in [2.75, 3.05) is 0 Å². The van der Waals surface area contributed by atoms with E-state index in [1.165, 1.54) is 0 Å². The van der Waals surface area contributed by atoms with Crippen LogP contribution in [0.15, 0.2) is 30.3 Å². The molecule has 0 aliphatic carbocycles. The number of esters is 1. The SMILES string of the molecule is CC(C)OC(=O)CC(CC(=O)O)c1ccccc1. The van der Waals surface area contributed by atoms with Crippen molar-refractivity contribution in [3.8, 4) is 0 Å². The minimum absolute atomic E-state index is 0.0722. The van der Waals surface area contributed by atoms with Gasteiger partial charge in [-0.3, -0.25) is 9.59 Å². The van der Waals surface area contributed by atoms with Gasteiger partial charge in [-0.15, -0.1) is 0 Å². The normalized spacial score (nSPS) is 12.2. The summed E-state index contributed by atoms with van der Waals surface area (Å²) in [4.78, 5) is 22.4. The molecule has 1 aromatic rings. The summed E-state index contributed by atoms with van der Waals surface area (Å²) in [6.45, 7) is 3.54. The van der Waals surface area contributed by atoms with E-state index in [1.807, 2.05) is 30.3 Å². The molecule has 0 aromatic heterocycles. The molecule has 4 heteroatoms. The molecule has 0 saturated carbocycles. The van der Waals surface area contributed by atoms with Crippen LogP contribution in [0.1, 0.15) is 38.2 Å². The van der Waals surface area contributed by atoms with Crippen LogP contribution in [-0.2, 0) is 14.3 Å². The first-order valence-electron chi connectivity index (χ1n) is 5.95. The highest BCUT2D eigenvalue weighted by atomic mass is 16.5. The number of benzene rings is 1. The van der Waals surface area contributed by atoms with E-state index in [2.05, 4.69) is 0 Å². The van der Waals surface area contributed by atoms with Crippen LogP contribution in [0.3, 0.4) is 0 Å². The first kappa shape index (κ1) is 14.2. The van der Waals surface area contributed by atoms with Crippen LogP contribution >= 0.6 is 0 Å². The molecule has 0 heterocycles. The second-order valence-electron chi connectivity index (χ2n) is 4.45. The van der Waals surface area contributed by atoms with Gasteiger partial charge in [-0.2, -0.15) is 0 Å². The number of carboxylic acid groups (broad SMARTS) is 1. The van der Waals surface area contributed by atoms with Gasteiger partial charge in [-0.25, -0.2) is 0 Å². The van der Waals surface area contributed by atoms with E-state index in [1.54, 1.807) is 13.8 Å². The zero-order valence-electron chi connectivity index (χ0n) is 10.6. The highest BCUT2D eigenvalue weighted by Gasteiger charge is 2.20. The molecule has 4 nitrogen and oxygen atoms in total. The topological polar surface area (TPSA) is 63.6 Å². The standard InChI is InChI=1S/C14H18O4/c1-10(2)18-14(17)9-12(8-13(15)16)11-6-4-3-5-7-11/h3-7,10,12H,8-9H2,1-2H3,(H,15,16). The van der Waals surface area contributed by atoms with Crippen molar-refractivity contribution in [3.05, 3.63) is 35.9 Å². The summed E-state index contributed by atoms with van der Waals surface area (Å²) < 4.78 is 5.05. The molecule has 0 aliphatic heterocycles. The Morgan fingerprint density at radius 1 is 1.17 bits per heavy atom. The van der Waals surface area contributed by atoms with E-state index < -0.39 is 5.97 Å². The average Bonchev–Trinajstić information content (AvgIpc) is 2.27. The molecule has 0 fully saturated rings. The third-order valence-corrected chi connectivity index (χ3v) is 2.47. The maximum atomic E-state index is 11.6. The second kappa shape index (κ2) is 6.79. The molecule has 1 unspecified atom stereocenters. The van der Waals surface area contributed by atoms with Crippen LogP contribution in [0, 0.1) is 0 Å². The van der Waals surface area contributed by atoms with Gasteiger partial charge in [-0.1, -0.05) is 30.3 Å². The van der Waals surface area contributed by atoms with Crippen molar-refractivity contribution in [3.63, 3.8) is 0 Å². The summed E-state index contributed by atoms with van der Waals surface area (Å²) >= 11 is 0.